The molecule has 1 saturated heterocycles. The second-order valence-electron chi connectivity index (χ2n) is 7.20. The van der Waals surface area contributed by atoms with Crippen LogP contribution in [0.5, 0.6) is 34.5 Å². The summed E-state index contributed by atoms with van der Waals surface area (Å²) in [5, 5.41) is 87.2. The van der Waals surface area contributed by atoms with Crippen LogP contribution < -0.4 is 0 Å². The third-order valence-corrected chi connectivity index (χ3v) is 4.91. The molecule has 1 heterocycles. The van der Waals surface area contributed by atoms with E-state index in [-0.39, 0.29) is 0 Å². The normalized spacial score (nSPS) is 24.4. The molecule has 1 fully saturated rings. The van der Waals surface area contributed by atoms with Gasteiger partial charge >= 0.3 is 11.9 Å². The van der Waals surface area contributed by atoms with E-state index >= 15 is 0 Å². The first-order valence-electron chi connectivity index (χ1n) is 9.48. The summed E-state index contributed by atoms with van der Waals surface area (Å²) >= 11 is 0. The van der Waals surface area contributed by atoms with E-state index in [0.717, 1.165) is 24.3 Å². The molecule has 0 spiro atoms. The van der Waals surface area contributed by atoms with Crippen molar-refractivity contribution < 1.29 is 69.8 Å². The van der Waals surface area contributed by atoms with Gasteiger partial charge in [0.05, 0.1) is 17.7 Å². The summed E-state index contributed by atoms with van der Waals surface area (Å²) in [5.74, 6) is -7.93. The van der Waals surface area contributed by atoms with Gasteiger partial charge in [0, 0.05) is 0 Å². The van der Waals surface area contributed by atoms with Gasteiger partial charge in [0.15, 0.2) is 53.0 Å². The minimum Gasteiger partial charge on any atom is -0.504 e. The number of carbonyl (C=O) groups is 2. The van der Waals surface area contributed by atoms with Gasteiger partial charge in [0.1, 0.15) is 12.2 Å². The number of aliphatic hydroxyl groups is 3. The van der Waals surface area contributed by atoms with Crippen LogP contribution in [0.4, 0.5) is 0 Å². The second-order valence-corrected chi connectivity index (χ2v) is 7.20. The summed E-state index contributed by atoms with van der Waals surface area (Å²) < 4.78 is 15.1. The summed E-state index contributed by atoms with van der Waals surface area (Å²) in [5.41, 5.74) is -1.00. The molecule has 9 N–H and O–H groups in total. The van der Waals surface area contributed by atoms with E-state index in [2.05, 4.69) is 0 Å². The minimum absolute atomic E-state index is 0.500. The fourth-order valence-electron chi connectivity index (χ4n) is 3.15. The smallest absolute Gasteiger partial charge is 0.339 e. The fraction of sp³-hybridized carbons (Fsp3) is 0.300. The molecule has 0 unspecified atom stereocenters. The van der Waals surface area contributed by atoms with Crippen molar-refractivity contribution in [2.75, 3.05) is 6.61 Å². The SMILES string of the molecule is O=C(O[C@@H]1[C@H](O)[C@H](CO)O[C@H](O)[C@H]1OC(=O)c1cc(O)c(O)c(O)c1)c1cc(O)c(O)c(O)c1. The predicted octanol–water partition coefficient (Wildman–Crippen LogP) is -1.26. The number of rotatable bonds is 5. The van der Waals surface area contributed by atoms with Crippen molar-refractivity contribution in [1.82, 2.24) is 0 Å². The van der Waals surface area contributed by atoms with Crippen LogP contribution in [-0.2, 0) is 14.2 Å². The molecule has 184 valence electrons. The summed E-state index contributed by atoms with van der Waals surface area (Å²) in [6.07, 6.45) is -9.15. The second kappa shape index (κ2) is 9.48. The maximum atomic E-state index is 12.5. The Hall–Kier alpha value is -3.98. The molecular formula is C20H20O14. The quantitative estimate of drug-likeness (QED) is 0.178. The Labute approximate surface area is 189 Å². The van der Waals surface area contributed by atoms with Crippen molar-refractivity contribution in [3.05, 3.63) is 35.4 Å². The minimum atomic E-state index is -2.04. The molecule has 1 aliphatic heterocycles. The maximum absolute atomic E-state index is 12.5. The van der Waals surface area contributed by atoms with Crippen molar-refractivity contribution in [2.24, 2.45) is 0 Å². The first-order chi connectivity index (χ1) is 15.9. The highest BCUT2D eigenvalue weighted by Crippen LogP contribution is 2.37. The number of carbonyl (C=O) groups excluding carboxylic acids is 2. The monoisotopic (exact) mass is 484 g/mol. The highest BCUT2D eigenvalue weighted by Gasteiger charge is 2.49. The van der Waals surface area contributed by atoms with Gasteiger partial charge in [0.2, 0.25) is 0 Å². The average Bonchev–Trinajstić information content (AvgIpc) is 2.79. The molecule has 0 amide bonds. The molecule has 34 heavy (non-hydrogen) atoms. The summed E-state index contributed by atoms with van der Waals surface area (Å²) in [7, 11) is 0. The van der Waals surface area contributed by atoms with E-state index in [1.807, 2.05) is 0 Å². The molecule has 14 nitrogen and oxygen atoms in total. The average molecular weight is 484 g/mol. The molecule has 1 aliphatic rings. The van der Waals surface area contributed by atoms with Crippen LogP contribution in [0.1, 0.15) is 20.7 Å². The van der Waals surface area contributed by atoms with Gasteiger partial charge in [-0.15, -0.1) is 0 Å². The van der Waals surface area contributed by atoms with E-state index in [0.29, 0.717) is 0 Å². The Morgan fingerprint density at radius 2 is 1.12 bits per heavy atom. The molecule has 5 atom stereocenters. The van der Waals surface area contributed by atoms with E-state index < -0.39 is 94.9 Å². The summed E-state index contributed by atoms with van der Waals surface area (Å²) in [4.78, 5) is 25.0. The number of aliphatic hydroxyl groups excluding tert-OH is 3. The number of benzene rings is 2. The standard InChI is InChI=1S/C20H20O14/c21-5-12-15(28)16(33-18(29)6-1-8(22)13(26)9(23)2-6)17(20(31)32-12)34-19(30)7-3-10(24)14(27)11(25)4-7/h1-4,12,15-17,20-28,31H,5H2/t12-,15+,16+,17-,20-/m0/s1. The van der Waals surface area contributed by atoms with Crippen LogP contribution in [0.2, 0.25) is 0 Å². The van der Waals surface area contributed by atoms with E-state index in [9.17, 15) is 55.5 Å². The van der Waals surface area contributed by atoms with E-state index in [1.54, 1.807) is 0 Å². The van der Waals surface area contributed by atoms with Gasteiger partial charge < -0.3 is 60.2 Å². The lowest BCUT2D eigenvalue weighted by atomic mass is 9.98. The van der Waals surface area contributed by atoms with Gasteiger partial charge in [-0.05, 0) is 24.3 Å². The van der Waals surface area contributed by atoms with Crippen LogP contribution in [0, 0.1) is 0 Å². The first-order valence-corrected chi connectivity index (χ1v) is 9.48. The number of phenolic OH excluding ortho intramolecular Hbond substituents is 6. The molecule has 0 saturated carbocycles. The maximum Gasteiger partial charge on any atom is 0.339 e. The van der Waals surface area contributed by atoms with Gasteiger partial charge in [-0.2, -0.15) is 0 Å². The van der Waals surface area contributed by atoms with Gasteiger partial charge in [-0.25, -0.2) is 9.59 Å². The Balaban J connectivity index is 1.89. The van der Waals surface area contributed by atoms with Gasteiger partial charge in [-0.1, -0.05) is 0 Å². The predicted molar refractivity (Wildman–Crippen MR) is 105 cm³/mol. The lowest BCUT2D eigenvalue weighted by Crippen LogP contribution is -2.61. The van der Waals surface area contributed by atoms with E-state index in [1.165, 1.54) is 0 Å². The Bertz CT molecular complexity index is 1050. The molecule has 0 bridgehead atoms. The lowest BCUT2D eigenvalue weighted by molar-refractivity contribution is -0.285. The number of phenols is 6. The molecular weight excluding hydrogens is 464 g/mol. The lowest BCUT2D eigenvalue weighted by Gasteiger charge is -2.41. The van der Waals surface area contributed by atoms with Crippen molar-refractivity contribution in [3.63, 3.8) is 0 Å². The first kappa shape index (κ1) is 24.7. The zero-order valence-corrected chi connectivity index (χ0v) is 17.0. The van der Waals surface area contributed by atoms with Gasteiger partial charge in [-0.3, -0.25) is 0 Å². The highest BCUT2D eigenvalue weighted by atomic mass is 16.7. The highest BCUT2D eigenvalue weighted by molar-refractivity contribution is 5.92. The van der Waals surface area contributed by atoms with Gasteiger partial charge in [0.25, 0.3) is 0 Å². The van der Waals surface area contributed by atoms with Crippen LogP contribution in [0.15, 0.2) is 24.3 Å². The molecule has 2 aromatic carbocycles. The van der Waals surface area contributed by atoms with Crippen LogP contribution in [-0.4, -0.2) is 95.2 Å². The van der Waals surface area contributed by atoms with Crippen LogP contribution in [0.25, 0.3) is 0 Å². The number of aromatic hydroxyl groups is 6. The molecule has 0 aliphatic carbocycles. The molecule has 2 aromatic rings. The molecule has 3 rings (SSSR count). The number of ether oxygens (including phenoxy) is 3. The Kier molecular flexibility index (Phi) is 6.88. The third-order valence-electron chi connectivity index (χ3n) is 4.91. The van der Waals surface area contributed by atoms with Crippen molar-refractivity contribution in [2.45, 2.75) is 30.7 Å². The molecule has 0 radical (unpaired) electrons. The van der Waals surface area contributed by atoms with Crippen LogP contribution in [0.3, 0.4) is 0 Å². The number of hydrogen-bond acceptors (Lipinski definition) is 14. The topological polar surface area (TPSA) is 244 Å². The summed E-state index contributed by atoms with van der Waals surface area (Å²) in [6.45, 7) is -0.840. The molecule has 0 aromatic heterocycles. The third kappa shape index (κ3) is 4.69. The summed E-state index contributed by atoms with van der Waals surface area (Å²) in [6, 6.07) is 2.91. The molecule has 14 heteroatoms. The van der Waals surface area contributed by atoms with Crippen LogP contribution >= 0.6 is 0 Å². The zero-order chi connectivity index (χ0) is 25.3. The number of hydrogen-bond donors (Lipinski definition) is 9. The fourth-order valence-corrected chi connectivity index (χ4v) is 3.15. The van der Waals surface area contributed by atoms with Crippen molar-refractivity contribution in [3.8, 4) is 34.5 Å². The number of esters is 2. The van der Waals surface area contributed by atoms with Crippen molar-refractivity contribution in [1.29, 1.82) is 0 Å². The van der Waals surface area contributed by atoms with E-state index in [4.69, 9.17) is 14.2 Å². The Morgan fingerprint density at radius 1 is 0.735 bits per heavy atom. The Morgan fingerprint density at radius 3 is 1.50 bits per heavy atom. The largest absolute Gasteiger partial charge is 0.504 e. The zero-order valence-electron chi connectivity index (χ0n) is 17.0. The van der Waals surface area contributed by atoms with Crippen molar-refractivity contribution >= 4 is 11.9 Å².